The number of halogens is 2. The summed E-state index contributed by atoms with van der Waals surface area (Å²) in [6, 6.07) is 5.19. The zero-order valence-corrected chi connectivity index (χ0v) is 9.94. The molecule has 0 fully saturated rings. The normalized spacial score (nSPS) is 11.5. The molecule has 0 amide bonds. The Balaban J connectivity index is 2.62. The van der Waals surface area contributed by atoms with E-state index in [1.807, 2.05) is 0 Å². The quantitative estimate of drug-likeness (QED) is 0.761. The highest BCUT2D eigenvalue weighted by atomic mass is 19.1. The molecule has 0 spiro atoms. The molecule has 0 radical (unpaired) electrons. The molecule has 0 saturated carbocycles. The van der Waals surface area contributed by atoms with Gasteiger partial charge in [-0.15, -0.1) is 0 Å². The van der Waals surface area contributed by atoms with Gasteiger partial charge in [-0.1, -0.05) is 0 Å². The molecule has 0 aliphatic rings. The molecule has 0 aliphatic heterocycles. The largest absolute Gasteiger partial charge is 0.329 e. The van der Waals surface area contributed by atoms with Crippen LogP contribution in [0, 0.1) is 11.6 Å². The van der Waals surface area contributed by atoms with Crippen molar-refractivity contribution >= 4 is 16.6 Å². The molecule has 0 atom stereocenters. The van der Waals surface area contributed by atoms with Gasteiger partial charge in [-0.3, -0.25) is 4.79 Å². The van der Waals surface area contributed by atoms with Gasteiger partial charge in [0, 0.05) is 25.4 Å². The van der Waals surface area contributed by atoms with Crippen molar-refractivity contribution in [1.29, 1.82) is 0 Å². The first-order valence-corrected chi connectivity index (χ1v) is 5.82. The van der Waals surface area contributed by atoms with Gasteiger partial charge in [-0.2, -0.15) is 0 Å². The average molecular weight is 263 g/mol. The van der Waals surface area contributed by atoms with Crippen LogP contribution in [0.2, 0.25) is 0 Å². The highest BCUT2D eigenvalue weighted by molar-refractivity contribution is 5.79. The molecular formula is C13H11F2N3O. The van der Waals surface area contributed by atoms with E-state index in [9.17, 15) is 13.6 Å². The third kappa shape index (κ3) is 1.64. The smallest absolute Gasteiger partial charge is 0.275 e. The Hall–Kier alpha value is -2.21. The van der Waals surface area contributed by atoms with Gasteiger partial charge < -0.3 is 14.7 Å². The lowest BCUT2D eigenvalue weighted by Gasteiger charge is -2.12. The molecule has 0 saturated heterocycles. The molecule has 0 aliphatic carbocycles. The van der Waals surface area contributed by atoms with E-state index in [1.165, 1.54) is 8.97 Å². The molecule has 6 heteroatoms. The monoisotopic (exact) mass is 263 g/mol. The summed E-state index contributed by atoms with van der Waals surface area (Å²) in [6.07, 6.45) is 1.58. The van der Waals surface area contributed by atoms with Crippen LogP contribution in [0.25, 0.3) is 16.6 Å². The fourth-order valence-electron chi connectivity index (χ4n) is 2.35. The van der Waals surface area contributed by atoms with E-state index in [1.54, 1.807) is 18.3 Å². The Kier molecular flexibility index (Phi) is 2.60. The van der Waals surface area contributed by atoms with Crippen molar-refractivity contribution in [2.24, 2.45) is 5.73 Å². The molecule has 3 rings (SSSR count). The maximum atomic E-state index is 14.0. The van der Waals surface area contributed by atoms with Crippen molar-refractivity contribution in [3.8, 4) is 0 Å². The number of benzene rings is 1. The maximum absolute atomic E-state index is 14.0. The molecule has 3 aromatic rings. The van der Waals surface area contributed by atoms with Crippen LogP contribution >= 0.6 is 0 Å². The van der Waals surface area contributed by atoms with Crippen molar-refractivity contribution in [3.63, 3.8) is 0 Å². The van der Waals surface area contributed by atoms with Crippen LogP contribution in [0.1, 0.15) is 0 Å². The number of fused-ring (bicyclic) bond motifs is 3. The van der Waals surface area contributed by atoms with Gasteiger partial charge in [0.25, 0.3) is 5.56 Å². The fourth-order valence-corrected chi connectivity index (χ4v) is 2.35. The number of nitrogens with zero attached hydrogens (tertiary/aromatic N) is 2. The van der Waals surface area contributed by atoms with Crippen molar-refractivity contribution < 1.29 is 8.78 Å². The van der Waals surface area contributed by atoms with Crippen LogP contribution in [0.3, 0.4) is 0 Å². The first-order chi connectivity index (χ1) is 9.13. The number of aromatic nitrogens is 2. The summed E-state index contributed by atoms with van der Waals surface area (Å²) >= 11 is 0. The van der Waals surface area contributed by atoms with Gasteiger partial charge in [0.15, 0.2) is 5.82 Å². The zero-order chi connectivity index (χ0) is 13.6. The molecule has 2 heterocycles. The summed E-state index contributed by atoms with van der Waals surface area (Å²) < 4.78 is 30.1. The third-order valence-corrected chi connectivity index (χ3v) is 3.11. The SMILES string of the molecule is NCCn1c(=O)c2cccn2c2c(F)cc(F)cc21. The second-order valence-corrected chi connectivity index (χ2v) is 4.26. The van der Waals surface area contributed by atoms with Gasteiger partial charge in [-0.05, 0) is 18.2 Å². The summed E-state index contributed by atoms with van der Waals surface area (Å²) in [6.45, 7) is 0.421. The maximum Gasteiger partial charge on any atom is 0.275 e. The molecule has 19 heavy (non-hydrogen) atoms. The van der Waals surface area contributed by atoms with E-state index in [2.05, 4.69) is 0 Å². The third-order valence-electron chi connectivity index (χ3n) is 3.11. The second-order valence-electron chi connectivity index (χ2n) is 4.26. The number of rotatable bonds is 2. The number of nitrogens with two attached hydrogens (primary N) is 1. The van der Waals surface area contributed by atoms with Crippen LogP contribution in [-0.2, 0) is 6.54 Å². The van der Waals surface area contributed by atoms with Crippen molar-refractivity contribution in [1.82, 2.24) is 8.97 Å². The lowest BCUT2D eigenvalue weighted by atomic mass is 10.2. The topological polar surface area (TPSA) is 52.4 Å². The molecule has 1 aromatic carbocycles. The van der Waals surface area contributed by atoms with Gasteiger partial charge >= 0.3 is 0 Å². The van der Waals surface area contributed by atoms with E-state index in [-0.39, 0.29) is 29.7 Å². The predicted octanol–water partition coefficient (Wildman–Crippen LogP) is 1.49. The first-order valence-electron chi connectivity index (χ1n) is 5.82. The predicted molar refractivity (Wildman–Crippen MR) is 68.1 cm³/mol. The minimum atomic E-state index is -0.721. The first kappa shape index (κ1) is 11.9. The summed E-state index contributed by atoms with van der Waals surface area (Å²) in [5.41, 5.74) is 5.87. The van der Waals surface area contributed by atoms with Gasteiger partial charge in [-0.25, -0.2) is 8.78 Å². The molecule has 98 valence electrons. The van der Waals surface area contributed by atoms with E-state index in [4.69, 9.17) is 5.73 Å². The average Bonchev–Trinajstić information content (AvgIpc) is 2.82. The van der Waals surface area contributed by atoms with E-state index in [0.29, 0.717) is 5.52 Å². The van der Waals surface area contributed by atoms with E-state index in [0.717, 1.165) is 12.1 Å². The Morgan fingerprint density at radius 3 is 2.74 bits per heavy atom. The second kappa shape index (κ2) is 4.17. The van der Waals surface area contributed by atoms with E-state index >= 15 is 0 Å². The van der Waals surface area contributed by atoms with Crippen LogP contribution in [-0.4, -0.2) is 15.5 Å². The lowest BCUT2D eigenvalue weighted by molar-refractivity contribution is 0.585. The molecule has 2 aromatic heterocycles. The Labute approximate surface area is 106 Å². The molecule has 4 nitrogen and oxygen atoms in total. The van der Waals surface area contributed by atoms with Gasteiger partial charge in [0.05, 0.1) is 5.52 Å². The Bertz CT molecular complexity index is 835. The number of hydrogen-bond acceptors (Lipinski definition) is 2. The van der Waals surface area contributed by atoms with Gasteiger partial charge in [0.2, 0.25) is 0 Å². The molecular weight excluding hydrogens is 252 g/mol. The lowest BCUT2D eigenvalue weighted by Crippen LogP contribution is -2.26. The Morgan fingerprint density at radius 1 is 1.21 bits per heavy atom. The summed E-state index contributed by atoms with van der Waals surface area (Å²) in [4.78, 5) is 12.3. The minimum Gasteiger partial charge on any atom is -0.329 e. The van der Waals surface area contributed by atoms with Crippen molar-refractivity contribution in [3.05, 3.63) is 52.5 Å². The molecule has 0 bridgehead atoms. The summed E-state index contributed by atoms with van der Waals surface area (Å²) in [5, 5.41) is 0. The Morgan fingerprint density at radius 2 is 2.00 bits per heavy atom. The summed E-state index contributed by atoms with van der Waals surface area (Å²) in [7, 11) is 0. The minimum absolute atomic E-state index is 0.175. The van der Waals surface area contributed by atoms with Crippen molar-refractivity contribution in [2.75, 3.05) is 6.54 Å². The van der Waals surface area contributed by atoms with Crippen LogP contribution in [0.4, 0.5) is 8.78 Å². The highest BCUT2D eigenvalue weighted by Gasteiger charge is 2.14. The number of hydrogen-bond donors (Lipinski definition) is 1. The highest BCUT2D eigenvalue weighted by Crippen LogP contribution is 2.20. The molecule has 2 N–H and O–H groups in total. The van der Waals surface area contributed by atoms with Crippen LogP contribution in [0.15, 0.2) is 35.3 Å². The van der Waals surface area contributed by atoms with Crippen LogP contribution < -0.4 is 11.3 Å². The fraction of sp³-hybridized carbons (Fsp3) is 0.154. The zero-order valence-electron chi connectivity index (χ0n) is 9.94. The van der Waals surface area contributed by atoms with Gasteiger partial charge in [0.1, 0.15) is 16.9 Å². The standard InChI is InChI=1S/C13H11F2N3O/c14-8-6-9(15)12-11(7-8)18(5-3-16)13(19)10-2-1-4-17(10)12/h1-2,4,6-7H,3,5,16H2. The van der Waals surface area contributed by atoms with E-state index < -0.39 is 11.6 Å². The van der Waals surface area contributed by atoms with Crippen molar-refractivity contribution in [2.45, 2.75) is 6.54 Å². The summed E-state index contributed by atoms with van der Waals surface area (Å²) in [5.74, 6) is -1.43. The molecule has 0 unspecified atom stereocenters. The van der Waals surface area contributed by atoms with Crippen LogP contribution in [0.5, 0.6) is 0 Å².